The summed E-state index contributed by atoms with van der Waals surface area (Å²) >= 11 is 0. The van der Waals surface area contributed by atoms with E-state index in [1.54, 1.807) is 13.4 Å². The summed E-state index contributed by atoms with van der Waals surface area (Å²) in [6.07, 6.45) is 8.45. The zero-order valence-electron chi connectivity index (χ0n) is 14.7. The Morgan fingerprint density at radius 2 is 2.16 bits per heavy atom. The predicted molar refractivity (Wildman–Crippen MR) is 93.9 cm³/mol. The highest BCUT2D eigenvalue weighted by Gasteiger charge is 2.43. The van der Waals surface area contributed by atoms with Gasteiger partial charge in [0.15, 0.2) is 0 Å². The normalized spacial score (nSPS) is 22.3. The fourth-order valence-corrected chi connectivity index (χ4v) is 3.77. The quantitative estimate of drug-likeness (QED) is 0.899. The molecule has 25 heavy (non-hydrogen) atoms. The highest BCUT2D eigenvalue weighted by atomic mass is 16.5. The highest BCUT2D eigenvalue weighted by Crippen LogP contribution is 2.37. The van der Waals surface area contributed by atoms with Crippen LogP contribution in [-0.4, -0.2) is 58.2 Å². The van der Waals surface area contributed by atoms with Gasteiger partial charge in [-0.05, 0) is 19.3 Å². The molecule has 4 heterocycles. The molecule has 2 fully saturated rings. The van der Waals surface area contributed by atoms with Crippen molar-refractivity contribution in [2.24, 2.45) is 7.05 Å². The lowest BCUT2D eigenvalue weighted by Gasteiger charge is -2.39. The Bertz CT molecular complexity index is 725. The van der Waals surface area contributed by atoms with Crippen LogP contribution in [0.4, 0.5) is 11.5 Å². The van der Waals surface area contributed by atoms with Crippen LogP contribution in [0.25, 0.3) is 0 Å². The van der Waals surface area contributed by atoms with Crippen LogP contribution in [-0.2, 0) is 11.8 Å². The van der Waals surface area contributed by atoms with E-state index >= 15 is 0 Å². The molecule has 8 nitrogen and oxygen atoms in total. The number of anilines is 2. The predicted octanol–water partition coefficient (Wildman–Crippen LogP) is 1.46. The van der Waals surface area contributed by atoms with Crippen molar-refractivity contribution in [1.82, 2.24) is 19.7 Å². The molecule has 0 aliphatic carbocycles. The molecule has 2 aromatic rings. The lowest BCUT2D eigenvalue weighted by atomic mass is 9.87. The number of nitrogens with zero attached hydrogens (tertiary/aromatic N) is 5. The van der Waals surface area contributed by atoms with Crippen molar-refractivity contribution in [2.75, 3.05) is 37.0 Å². The van der Waals surface area contributed by atoms with E-state index in [2.05, 4.69) is 25.3 Å². The molecule has 1 atom stereocenters. The van der Waals surface area contributed by atoms with E-state index in [4.69, 9.17) is 9.47 Å². The number of aryl methyl sites for hydroxylation is 1. The van der Waals surface area contributed by atoms with Gasteiger partial charge < -0.3 is 19.7 Å². The van der Waals surface area contributed by atoms with Crippen LogP contribution in [0.5, 0.6) is 5.88 Å². The second-order valence-corrected chi connectivity index (χ2v) is 6.85. The molecule has 2 aliphatic rings. The lowest BCUT2D eigenvalue weighted by molar-refractivity contribution is -0.0148. The SMILES string of the molecule is COc1cc(N2CCC3(CC2)C[C@H](Nc2cnn(C)c2)CO3)ncn1. The lowest BCUT2D eigenvalue weighted by Crippen LogP contribution is -2.44. The Kier molecular flexibility index (Phi) is 4.20. The van der Waals surface area contributed by atoms with Crippen LogP contribution in [0.2, 0.25) is 0 Å². The van der Waals surface area contributed by atoms with Crippen LogP contribution < -0.4 is 15.0 Å². The summed E-state index contributed by atoms with van der Waals surface area (Å²) in [6.45, 7) is 2.61. The van der Waals surface area contributed by atoms with Crippen LogP contribution in [0.1, 0.15) is 19.3 Å². The second-order valence-electron chi connectivity index (χ2n) is 6.85. The van der Waals surface area contributed by atoms with Gasteiger partial charge in [-0.3, -0.25) is 4.68 Å². The maximum Gasteiger partial charge on any atom is 0.218 e. The van der Waals surface area contributed by atoms with Gasteiger partial charge in [-0.25, -0.2) is 9.97 Å². The molecule has 0 saturated carbocycles. The Morgan fingerprint density at radius 3 is 2.88 bits per heavy atom. The van der Waals surface area contributed by atoms with Crippen molar-refractivity contribution in [1.29, 1.82) is 0 Å². The van der Waals surface area contributed by atoms with Gasteiger partial charge in [0.1, 0.15) is 12.1 Å². The molecule has 1 N–H and O–H groups in total. The first-order chi connectivity index (χ1) is 12.2. The molecule has 2 aromatic heterocycles. The van der Waals surface area contributed by atoms with Gasteiger partial charge in [-0.1, -0.05) is 0 Å². The Labute approximate surface area is 147 Å². The number of hydrogen-bond acceptors (Lipinski definition) is 7. The largest absolute Gasteiger partial charge is 0.481 e. The maximum absolute atomic E-state index is 6.23. The first-order valence-corrected chi connectivity index (χ1v) is 8.66. The fraction of sp³-hybridized carbons (Fsp3) is 0.588. The van der Waals surface area contributed by atoms with Crippen molar-refractivity contribution in [3.63, 3.8) is 0 Å². The average molecular weight is 344 g/mol. The van der Waals surface area contributed by atoms with Gasteiger partial charge >= 0.3 is 0 Å². The fourth-order valence-electron chi connectivity index (χ4n) is 3.77. The molecule has 0 bridgehead atoms. The van der Waals surface area contributed by atoms with E-state index in [0.717, 1.165) is 50.5 Å². The molecular weight excluding hydrogens is 320 g/mol. The van der Waals surface area contributed by atoms with Crippen molar-refractivity contribution in [2.45, 2.75) is 30.9 Å². The van der Waals surface area contributed by atoms with Gasteiger partial charge in [-0.2, -0.15) is 5.10 Å². The topological polar surface area (TPSA) is 77.3 Å². The second kappa shape index (κ2) is 6.51. The van der Waals surface area contributed by atoms with Crippen molar-refractivity contribution >= 4 is 11.5 Å². The standard InChI is InChI=1S/C17H24N6O2/c1-22-10-14(9-20-22)21-13-8-17(25-11-13)3-5-23(6-4-17)15-7-16(24-2)19-12-18-15/h7,9-10,12-13,21H,3-6,8,11H2,1-2H3/t13-/m0/s1. The summed E-state index contributed by atoms with van der Waals surface area (Å²) in [6, 6.07) is 2.23. The number of hydrogen-bond donors (Lipinski definition) is 1. The Morgan fingerprint density at radius 1 is 1.32 bits per heavy atom. The number of piperidine rings is 1. The number of rotatable bonds is 4. The van der Waals surface area contributed by atoms with Crippen LogP contribution in [0.3, 0.4) is 0 Å². The number of nitrogens with one attached hydrogen (secondary N) is 1. The first-order valence-electron chi connectivity index (χ1n) is 8.66. The third kappa shape index (κ3) is 3.39. The van der Waals surface area contributed by atoms with Crippen LogP contribution in [0, 0.1) is 0 Å². The Hall–Kier alpha value is -2.35. The smallest absolute Gasteiger partial charge is 0.218 e. The van der Waals surface area contributed by atoms with Gasteiger partial charge in [0.25, 0.3) is 0 Å². The monoisotopic (exact) mass is 344 g/mol. The highest BCUT2D eigenvalue weighted by molar-refractivity contribution is 5.42. The molecule has 2 saturated heterocycles. The molecule has 8 heteroatoms. The molecule has 0 radical (unpaired) electrons. The number of aromatic nitrogens is 4. The van der Waals surface area contributed by atoms with Gasteiger partial charge in [0, 0.05) is 32.4 Å². The minimum Gasteiger partial charge on any atom is -0.481 e. The molecular formula is C17H24N6O2. The zero-order chi connectivity index (χ0) is 17.3. The van der Waals surface area contributed by atoms with Crippen molar-refractivity contribution in [3.05, 3.63) is 24.8 Å². The minimum atomic E-state index is -0.0203. The molecule has 1 spiro atoms. The molecule has 4 rings (SSSR count). The van der Waals surface area contributed by atoms with E-state index in [1.165, 1.54) is 0 Å². The van der Waals surface area contributed by atoms with E-state index in [9.17, 15) is 0 Å². The molecule has 134 valence electrons. The van der Waals surface area contributed by atoms with E-state index in [-0.39, 0.29) is 5.60 Å². The van der Waals surface area contributed by atoms with Gasteiger partial charge in [0.05, 0.1) is 37.2 Å². The van der Waals surface area contributed by atoms with E-state index in [0.29, 0.717) is 11.9 Å². The van der Waals surface area contributed by atoms with Gasteiger partial charge in [-0.15, -0.1) is 0 Å². The first kappa shape index (κ1) is 16.1. The van der Waals surface area contributed by atoms with Crippen LogP contribution >= 0.6 is 0 Å². The molecule has 0 aromatic carbocycles. The summed E-state index contributed by atoms with van der Waals surface area (Å²) in [5.41, 5.74) is 1.03. The van der Waals surface area contributed by atoms with E-state index < -0.39 is 0 Å². The van der Waals surface area contributed by atoms with Gasteiger partial charge in [0.2, 0.25) is 5.88 Å². The minimum absolute atomic E-state index is 0.0203. The zero-order valence-corrected chi connectivity index (χ0v) is 14.7. The van der Waals surface area contributed by atoms with E-state index in [1.807, 2.05) is 30.2 Å². The number of ether oxygens (including phenoxy) is 2. The number of methoxy groups -OCH3 is 1. The van der Waals surface area contributed by atoms with Crippen LogP contribution in [0.15, 0.2) is 24.8 Å². The van der Waals surface area contributed by atoms with Crippen molar-refractivity contribution in [3.8, 4) is 5.88 Å². The third-order valence-corrected chi connectivity index (χ3v) is 5.12. The summed E-state index contributed by atoms with van der Waals surface area (Å²) in [5.74, 6) is 1.52. The molecule has 2 aliphatic heterocycles. The summed E-state index contributed by atoms with van der Waals surface area (Å²) in [5, 5.41) is 7.74. The summed E-state index contributed by atoms with van der Waals surface area (Å²) < 4.78 is 13.2. The molecule has 0 amide bonds. The average Bonchev–Trinajstić information content (AvgIpc) is 3.22. The van der Waals surface area contributed by atoms with Crippen molar-refractivity contribution < 1.29 is 9.47 Å². The molecule has 0 unspecified atom stereocenters. The maximum atomic E-state index is 6.23. The Balaban J connectivity index is 1.35. The summed E-state index contributed by atoms with van der Waals surface area (Å²) in [4.78, 5) is 10.7. The summed E-state index contributed by atoms with van der Waals surface area (Å²) in [7, 11) is 3.55. The third-order valence-electron chi connectivity index (χ3n) is 5.12.